The van der Waals surface area contributed by atoms with E-state index in [-0.39, 0.29) is 28.7 Å². The predicted octanol–water partition coefficient (Wildman–Crippen LogP) is 5.35. The Bertz CT molecular complexity index is 1560. The molecule has 0 saturated carbocycles. The normalized spacial score (nSPS) is 19.8. The summed E-state index contributed by atoms with van der Waals surface area (Å²) in [5.74, 6) is -1.55. The average molecular weight is 531 g/mol. The summed E-state index contributed by atoms with van der Waals surface area (Å²) >= 11 is 0. The maximum Gasteiger partial charge on any atom is 0.200 e. The van der Waals surface area contributed by atoms with Gasteiger partial charge in [0.1, 0.15) is 46.7 Å². The van der Waals surface area contributed by atoms with Crippen molar-refractivity contribution in [2.75, 3.05) is 0 Å². The summed E-state index contributed by atoms with van der Waals surface area (Å²) in [5, 5.41) is 71.6. The summed E-state index contributed by atoms with van der Waals surface area (Å²) in [6.07, 6.45) is 0.0282. The van der Waals surface area contributed by atoms with Crippen LogP contribution in [0.2, 0.25) is 0 Å². The first-order valence-corrected chi connectivity index (χ1v) is 12.5. The lowest BCUT2D eigenvalue weighted by molar-refractivity contribution is 0.155. The Labute approximate surface area is 223 Å². The van der Waals surface area contributed by atoms with Gasteiger partial charge >= 0.3 is 0 Å². The van der Waals surface area contributed by atoms with Crippen molar-refractivity contribution in [3.05, 3.63) is 88.5 Å². The third kappa shape index (κ3) is 4.21. The van der Waals surface area contributed by atoms with E-state index in [4.69, 9.17) is 9.47 Å². The van der Waals surface area contributed by atoms with Crippen molar-refractivity contribution < 1.29 is 45.2 Å². The molecule has 0 spiro atoms. The molecule has 6 rings (SSSR count). The van der Waals surface area contributed by atoms with Gasteiger partial charge in [-0.2, -0.15) is 0 Å². The van der Waals surface area contributed by atoms with Crippen LogP contribution in [0.4, 0.5) is 0 Å². The molecule has 0 radical (unpaired) electrons. The lowest BCUT2D eigenvalue weighted by atomic mass is 9.80. The van der Waals surface area contributed by atoms with Gasteiger partial charge in [0.2, 0.25) is 0 Å². The number of rotatable bonds is 3. The summed E-state index contributed by atoms with van der Waals surface area (Å²) < 4.78 is 12.6. The highest BCUT2D eigenvalue weighted by Crippen LogP contribution is 2.55. The molecule has 9 nitrogen and oxygen atoms in total. The van der Waals surface area contributed by atoms with Crippen LogP contribution in [-0.2, 0) is 6.42 Å². The minimum Gasteiger partial charge on any atom is -0.508 e. The quantitative estimate of drug-likeness (QED) is 0.173. The molecule has 2 aliphatic heterocycles. The predicted molar refractivity (Wildman–Crippen MR) is 139 cm³/mol. The number of phenols is 7. The second-order valence-corrected chi connectivity index (χ2v) is 9.90. The van der Waals surface area contributed by atoms with Crippen molar-refractivity contribution in [2.45, 2.75) is 37.4 Å². The van der Waals surface area contributed by atoms with Gasteiger partial charge in [-0.15, -0.1) is 0 Å². The Morgan fingerprint density at radius 1 is 0.615 bits per heavy atom. The fourth-order valence-corrected chi connectivity index (χ4v) is 5.55. The van der Waals surface area contributed by atoms with Gasteiger partial charge in [-0.25, -0.2) is 0 Å². The summed E-state index contributed by atoms with van der Waals surface area (Å²) in [5.41, 5.74) is 2.85. The first-order valence-electron chi connectivity index (χ1n) is 12.5. The van der Waals surface area contributed by atoms with Crippen molar-refractivity contribution >= 4 is 0 Å². The number of fused-ring (bicyclic) bond motifs is 2. The van der Waals surface area contributed by atoms with Gasteiger partial charge in [-0.1, -0.05) is 18.2 Å². The van der Waals surface area contributed by atoms with E-state index in [2.05, 4.69) is 0 Å². The van der Waals surface area contributed by atoms with Crippen LogP contribution in [0.3, 0.4) is 0 Å². The molecule has 0 saturated heterocycles. The van der Waals surface area contributed by atoms with Crippen LogP contribution in [0.25, 0.3) is 0 Å². The van der Waals surface area contributed by atoms with Crippen LogP contribution in [0.5, 0.6) is 51.7 Å². The smallest absolute Gasteiger partial charge is 0.200 e. The fourth-order valence-electron chi connectivity index (χ4n) is 5.55. The van der Waals surface area contributed by atoms with Gasteiger partial charge < -0.3 is 45.2 Å². The minimum atomic E-state index is -0.651. The zero-order chi connectivity index (χ0) is 27.4. The van der Waals surface area contributed by atoms with Crippen molar-refractivity contribution in [3.63, 3.8) is 0 Å². The van der Waals surface area contributed by atoms with Crippen molar-refractivity contribution in [2.24, 2.45) is 0 Å². The molecule has 200 valence electrons. The van der Waals surface area contributed by atoms with E-state index in [1.165, 1.54) is 30.3 Å². The molecule has 7 N–H and O–H groups in total. The largest absolute Gasteiger partial charge is 0.508 e. The third-order valence-corrected chi connectivity index (χ3v) is 7.46. The molecule has 9 heteroatoms. The first-order chi connectivity index (χ1) is 18.7. The van der Waals surface area contributed by atoms with E-state index in [1.807, 2.05) is 0 Å². The molecule has 2 heterocycles. The second kappa shape index (κ2) is 9.13. The molecular weight excluding hydrogens is 504 g/mol. The van der Waals surface area contributed by atoms with E-state index in [1.54, 1.807) is 30.3 Å². The summed E-state index contributed by atoms with van der Waals surface area (Å²) in [4.78, 5) is 0. The van der Waals surface area contributed by atoms with Gasteiger partial charge in [0.15, 0.2) is 17.2 Å². The monoisotopic (exact) mass is 530 g/mol. The molecule has 0 unspecified atom stereocenters. The van der Waals surface area contributed by atoms with E-state index in [0.717, 1.165) is 5.56 Å². The number of benzene rings is 4. The van der Waals surface area contributed by atoms with Crippen molar-refractivity contribution in [1.82, 2.24) is 0 Å². The molecular formula is C30H26O9. The summed E-state index contributed by atoms with van der Waals surface area (Å²) in [6.45, 7) is 0. The van der Waals surface area contributed by atoms with Crippen LogP contribution in [-0.4, -0.2) is 35.7 Å². The SMILES string of the molecule is Oc1ccc([C@@H]2C[C@@H](c3c(O)cc(O)c4c3O[C@H](c3cc(O)c(O)c(O)c3)CC4)c3ccc(O)cc3O2)cc1. The van der Waals surface area contributed by atoms with Gasteiger partial charge in [-0.3, -0.25) is 0 Å². The zero-order valence-corrected chi connectivity index (χ0v) is 20.6. The molecule has 0 aliphatic carbocycles. The van der Waals surface area contributed by atoms with Gasteiger partial charge in [0.05, 0.1) is 0 Å². The van der Waals surface area contributed by atoms with Crippen molar-refractivity contribution in [3.8, 4) is 51.7 Å². The topological polar surface area (TPSA) is 160 Å². The standard InChI is InChI=1S/C30H26O9/c31-16-3-1-14(2-4-16)26-12-20(18-6-5-17(32)11-27(18)38-26)28-22(34)13-21(33)19-7-8-25(39-30(19)28)15-9-23(35)29(37)24(36)10-15/h1-6,9-11,13,20,25-26,31-37H,7-8,12H2/t20-,25+,26+/m1/s1. The highest BCUT2D eigenvalue weighted by Gasteiger charge is 2.38. The first kappa shape index (κ1) is 24.4. The van der Waals surface area contributed by atoms with E-state index < -0.39 is 35.4 Å². The summed E-state index contributed by atoms with van der Waals surface area (Å²) in [6, 6.07) is 15.3. The Morgan fingerprint density at radius 3 is 2.03 bits per heavy atom. The average Bonchev–Trinajstić information content (AvgIpc) is 2.91. The zero-order valence-electron chi connectivity index (χ0n) is 20.6. The van der Waals surface area contributed by atoms with Crippen molar-refractivity contribution in [1.29, 1.82) is 0 Å². The van der Waals surface area contributed by atoms with Gasteiger partial charge in [0, 0.05) is 34.7 Å². The molecule has 0 bridgehead atoms. The lowest BCUT2D eigenvalue weighted by Crippen LogP contribution is -2.22. The van der Waals surface area contributed by atoms with Gasteiger partial charge in [0.25, 0.3) is 0 Å². The number of phenolic OH excluding ortho intramolecular Hbond substituents is 7. The molecule has 0 fully saturated rings. The van der Waals surface area contributed by atoms with Crippen LogP contribution in [0.15, 0.2) is 60.7 Å². The molecule has 0 amide bonds. The number of hydrogen-bond donors (Lipinski definition) is 7. The Hall–Kier alpha value is -4.92. The molecule has 2 aliphatic rings. The molecule has 39 heavy (non-hydrogen) atoms. The van der Waals surface area contributed by atoms with Gasteiger partial charge in [-0.05, 0) is 60.7 Å². The number of ether oxygens (including phenoxy) is 2. The fraction of sp³-hybridized carbons (Fsp3) is 0.200. The maximum atomic E-state index is 11.2. The maximum absolute atomic E-state index is 11.2. The highest BCUT2D eigenvalue weighted by molar-refractivity contribution is 5.63. The number of hydrogen-bond acceptors (Lipinski definition) is 9. The minimum absolute atomic E-state index is 0.0130. The second-order valence-electron chi connectivity index (χ2n) is 9.90. The summed E-state index contributed by atoms with van der Waals surface area (Å²) in [7, 11) is 0. The van der Waals surface area contributed by atoms with E-state index in [0.29, 0.717) is 47.3 Å². The van der Waals surface area contributed by atoms with Crippen LogP contribution in [0.1, 0.15) is 58.8 Å². The van der Waals surface area contributed by atoms with Crippen LogP contribution in [0, 0.1) is 0 Å². The Morgan fingerprint density at radius 2 is 1.31 bits per heavy atom. The molecule has 3 atom stereocenters. The lowest BCUT2D eigenvalue weighted by Gasteiger charge is -2.36. The third-order valence-electron chi connectivity index (χ3n) is 7.46. The molecule has 4 aromatic rings. The Kier molecular flexibility index (Phi) is 5.71. The molecule has 4 aromatic carbocycles. The highest BCUT2D eigenvalue weighted by atomic mass is 16.5. The van der Waals surface area contributed by atoms with E-state index in [9.17, 15) is 35.7 Å². The Balaban J connectivity index is 1.47. The van der Waals surface area contributed by atoms with Crippen LogP contribution >= 0.6 is 0 Å². The van der Waals surface area contributed by atoms with E-state index >= 15 is 0 Å². The molecule has 0 aromatic heterocycles. The van der Waals surface area contributed by atoms with Crippen LogP contribution < -0.4 is 9.47 Å². The number of aromatic hydroxyl groups is 7.